The molecule has 0 spiro atoms. The van der Waals surface area contributed by atoms with Crippen molar-refractivity contribution in [2.24, 2.45) is 0 Å². The van der Waals surface area contributed by atoms with E-state index in [-0.39, 0.29) is 10.6 Å². The van der Waals surface area contributed by atoms with Gasteiger partial charge in [-0.1, -0.05) is 23.7 Å². The molecule has 162 valence electrons. The Morgan fingerprint density at radius 1 is 1.19 bits per heavy atom. The Morgan fingerprint density at radius 2 is 1.97 bits per heavy atom. The van der Waals surface area contributed by atoms with Crippen LogP contribution in [-0.4, -0.2) is 49.0 Å². The van der Waals surface area contributed by atoms with Gasteiger partial charge in [-0.3, -0.25) is 9.89 Å². The highest BCUT2D eigenvalue weighted by Crippen LogP contribution is 2.32. The third kappa shape index (κ3) is 4.30. The van der Waals surface area contributed by atoms with Crippen LogP contribution >= 0.6 is 11.6 Å². The molecule has 0 bridgehead atoms. The number of hydrogen-bond donors (Lipinski definition) is 2. The van der Waals surface area contributed by atoms with Crippen molar-refractivity contribution in [1.29, 1.82) is 0 Å². The van der Waals surface area contributed by atoms with E-state index < -0.39 is 15.9 Å². The van der Waals surface area contributed by atoms with E-state index in [0.29, 0.717) is 35.1 Å². The van der Waals surface area contributed by atoms with Crippen LogP contribution in [0.1, 0.15) is 23.2 Å². The first-order chi connectivity index (χ1) is 14.9. The summed E-state index contributed by atoms with van der Waals surface area (Å²) in [7, 11) is -2.25. The molecule has 10 heteroatoms. The Kier molecular flexibility index (Phi) is 5.99. The topological polar surface area (TPSA) is 104 Å². The van der Waals surface area contributed by atoms with E-state index >= 15 is 0 Å². The van der Waals surface area contributed by atoms with Crippen molar-refractivity contribution in [2.75, 3.05) is 25.5 Å². The summed E-state index contributed by atoms with van der Waals surface area (Å²) in [5.74, 6) is -0.229. The molecule has 1 aliphatic rings. The highest BCUT2D eigenvalue weighted by molar-refractivity contribution is 7.89. The molecule has 0 saturated carbocycles. The van der Waals surface area contributed by atoms with Crippen molar-refractivity contribution in [1.82, 2.24) is 14.5 Å². The second kappa shape index (κ2) is 8.70. The molecule has 3 aromatic rings. The molecular formula is C21H21ClN4O4S. The summed E-state index contributed by atoms with van der Waals surface area (Å²) in [6.45, 7) is 0.994. The molecule has 2 aromatic carbocycles. The van der Waals surface area contributed by atoms with Crippen molar-refractivity contribution in [3.63, 3.8) is 0 Å². The van der Waals surface area contributed by atoms with Crippen molar-refractivity contribution in [3.8, 4) is 17.0 Å². The van der Waals surface area contributed by atoms with Gasteiger partial charge in [0.25, 0.3) is 5.91 Å². The fourth-order valence-electron chi connectivity index (χ4n) is 3.55. The van der Waals surface area contributed by atoms with E-state index in [4.69, 9.17) is 16.3 Å². The SMILES string of the molecule is COc1cc(NC(=O)c2cn[nH]c2-c2cccc(Cl)c2)ccc1S(=O)(=O)N1CCCC1. The molecule has 8 nitrogen and oxygen atoms in total. The minimum atomic E-state index is -3.65. The van der Waals surface area contributed by atoms with Crippen molar-refractivity contribution in [3.05, 3.63) is 59.2 Å². The number of anilines is 1. The first-order valence-electron chi connectivity index (χ1n) is 9.69. The normalized spacial score (nSPS) is 14.5. The zero-order valence-corrected chi connectivity index (χ0v) is 18.3. The van der Waals surface area contributed by atoms with E-state index in [2.05, 4.69) is 15.5 Å². The van der Waals surface area contributed by atoms with Gasteiger partial charge < -0.3 is 10.1 Å². The molecule has 1 aliphatic heterocycles. The van der Waals surface area contributed by atoms with Crippen LogP contribution in [0.3, 0.4) is 0 Å². The van der Waals surface area contributed by atoms with Gasteiger partial charge in [-0.15, -0.1) is 0 Å². The summed E-state index contributed by atoms with van der Waals surface area (Å²) < 4.78 is 32.6. The standard InChI is InChI=1S/C21H21ClN4O4S/c1-30-18-12-16(7-8-19(18)31(28,29)26-9-2-3-10-26)24-21(27)17-13-23-25-20(17)14-5-4-6-15(22)11-14/h4-8,11-13H,2-3,9-10H2,1H3,(H,23,25)(H,24,27). The molecule has 1 saturated heterocycles. The van der Waals surface area contributed by atoms with E-state index in [1.165, 1.54) is 29.7 Å². The zero-order valence-electron chi connectivity index (χ0n) is 16.8. The smallest absolute Gasteiger partial charge is 0.259 e. The van der Waals surface area contributed by atoms with E-state index in [1.54, 1.807) is 24.3 Å². The summed E-state index contributed by atoms with van der Waals surface area (Å²) in [6.07, 6.45) is 3.11. The Bertz CT molecular complexity index is 1220. The molecule has 1 fully saturated rings. The van der Waals surface area contributed by atoms with Crippen LogP contribution in [0.15, 0.2) is 53.6 Å². The van der Waals surface area contributed by atoms with Gasteiger partial charge in [0, 0.05) is 35.4 Å². The number of H-pyrrole nitrogens is 1. The lowest BCUT2D eigenvalue weighted by molar-refractivity contribution is 0.102. The van der Waals surface area contributed by atoms with Gasteiger partial charge in [-0.05, 0) is 37.1 Å². The van der Waals surface area contributed by atoms with E-state index in [0.717, 1.165) is 18.4 Å². The van der Waals surface area contributed by atoms with Crippen LogP contribution < -0.4 is 10.1 Å². The number of nitrogens with zero attached hydrogens (tertiary/aromatic N) is 2. The molecule has 1 aromatic heterocycles. The lowest BCUT2D eigenvalue weighted by Crippen LogP contribution is -2.28. The van der Waals surface area contributed by atoms with Crippen LogP contribution in [0.25, 0.3) is 11.3 Å². The third-order valence-corrected chi connectivity index (χ3v) is 7.27. The summed E-state index contributed by atoms with van der Waals surface area (Å²) in [5.41, 5.74) is 1.98. The summed E-state index contributed by atoms with van der Waals surface area (Å²) in [4.78, 5) is 13.0. The van der Waals surface area contributed by atoms with Crippen molar-refractivity contribution in [2.45, 2.75) is 17.7 Å². The highest BCUT2D eigenvalue weighted by Gasteiger charge is 2.30. The Labute approximate surface area is 185 Å². The second-order valence-electron chi connectivity index (χ2n) is 7.10. The average Bonchev–Trinajstić information content (AvgIpc) is 3.46. The number of aromatic amines is 1. The van der Waals surface area contributed by atoms with Gasteiger partial charge in [-0.25, -0.2) is 8.42 Å². The van der Waals surface area contributed by atoms with Crippen molar-refractivity contribution >= 4 is 33.2 Å². The van der Waals surface area contributed by atoms with Gasteiger partial charge >= 0.3 is 0 Å². The number of carbonyl (C=O) groups is 1. The minimum Gasteiger partial charge on any atom is -0.495 e. The highest BCUT2D eigenvalue weighted by atomic mass is 35.5. The maximum absolute atomic E-state index is 12.9. The monoisotopic (exact) mass is 460 g/mol. The lowest BCUT2D eigenvalue weighted by atomic mass is 10.1. The zero-order chi connectivity index (χ0) is 22.0. The molecule has 2 N–H and O–H groups in total. The Morgan fingerprint density at radius 3 is 2.68 bits per heavy atom. The van der Waals surface area contributed by atoms with Gasteiger partial charge in [0.1, 0.15) is 10.6 Å². The summed E-state index contributed by atoms with van der Waals surface area (Å²) in [5, 5.41) is 10.1. The number of carbonyl (C=O) groups excluding carboxylic acids is 1. The average molecular weight is 461 g/mol. The number of rotatable bonds is 6. The number of sulfonamides is 1. The van der Waals surface area contributed by atoms with Crippen LogP contribution in [0.2, 0.25) is 5.02 Å². The Hall–Kier alpha value is -2.88. The molecule has 0 radical (unpaired) electrons. The largest absolute Gasteiger partial charge is 0.495 e. The van der Waals surface area contributed by atoms with Gasteiger partial charge in [-0.2, -0.15) is 9.40 Å². The first-order valence-corrected chi connectivity index (χ1v) is 11.5. The number of ether oxygens (including phenoxy) is 1. The number of aromatic nitrogens is 2. The number of halogens is 1. The van der Waals surface area contributed by atoms with Crippen LogP contribution in [0.4, 0.5) is 5.69 Å². The van der Waals surface area contributed by atoms with Gasteiger partial charge in [0.2, 0.25) is 10.0 Å². The molecule has 0 aliphatic carbocycles. The molecule has 0 atom stereocenters. The molecule has 4 rings (SSSR count). The quantitative estimate of drug-likeness (QED) is 0.582. The Balaban J connectivity index is 1.60. The predicted octanol–water partition coefficient (Wildman–Crippen LogP) is 3.78. The van der Waals surface area contributed by atoms with Gasteiger partial charge in [0.15, 0.2) is 0 Å². The maximum atomic E-state index is 12.9. The maximum Gasteiger partial charge on any atom is 0.259 e. The number of nitrogens with one attached hydrogen (secondary N) is 2. The second-order valence-corrected chi connectivity index (χ2v) is 9.44. The summed E-state index contributed by atoms with van der Waals surface area (Å²) in [6, 6.07) is 11.6. The molecule has 1 amide bonds. The fraction of sp³-hybridized carbons (Fsp3) is 0.238. The van der Waals surface area contributed by atoms with Crippen LogP contribution in [0.5, 0.6) is 5.75 Å². The number of amides is 1. The predicted molar refractivity (Wildman–Crippen MR) is 118 cm³/mol. The molecule has 2 heterocycles. The van der Waals surface area contributed by atoms with Gasteiger partial charge in [0.05, 0.1) is 24.6 Å². The molecule has 0 unspecified atom stereocenters. The number of hydrogen-bond acceptors (Lipinski definition) is 5. The first kappa shape index (κ1) is 21.4. The lowest BCUT2D eigenvalue weighted by Gasteiger charge is -2.18. The third-order valence-electron chi connectivity index (χ3n) is 5.10. The molecular weight excluding hydrogens is 440 g/mol. The van der Waals surface area contributed by atoms with E-state index in [1.807, 2.05) is 6.07 Å². The van der Waals surface area contributed by atoms with Crippen LogP contribution in [0, 0.1) is 0 Å². The molecule has 31 heavy (non-hydrogen) atoms. The van der Waals surface area contributed by atoms with Crippen molar-refractivity contribution < 1.29 is 17.9 Å². The number of methoxy groups -OCH3 is 1. The van der Waals surface area contributed by atoms with E-state index in [9.17, 15) is 13.2 Å². The summed E-state index contributed by atoms with van der Waals surface area (Å²) >= 11 is 6.05. The minimum absolute atomic E-state index is 0.0813. The number of benzene rings is 2. The fourth-order valence-corrected chi connectivity index (χ4v) is 5.39. The van der Waals surface area contributed by atoms with Crippen LogP contribution in [-0.2, 0) is 10.0 Å².